The predicted octanol–water partition coefficient (Wildman–Crippen LogP) is 2.94. The third kappa shape index (κ3) is 6.77. The van der Waals surface area contributed by atoms with Crippen molar-refractivity contribution in [1.82, 2.24) is 0 Å². The summed E-state index contributed by atoms with van der Waals surface area (Å²) in [4.78, 5) is 0. The largest absolute Gasteiger partial charge is 0.270 e. The molecule has 0 radical (unpaired) electrons. The third-order valence-corrected chi connectivity index (χ3v) is 3.34. The van der Waals surface area contributed by atoms with Gasteiger partial charge < -0.3 is 0 Å². The van der Waals surface area contributed by atoms with Crippen LogP contribution in [-0.2, 0) is 27.1 Å². The Kier molecular flexibility index (Phi) is 6.36. The Labute approximate surface area is 110 Å². The van der Waals surface area contributed by atoms with Crippen LogP contribution in [0.4, 0.5) is 0 Å². The van der Waals surface area contributed by atoms with Gasteiger partial charge in [-0.25, -0.2) is 0 Å². The standard InChI is InChI=1S/C14H22O3S/c1-3-4-6-13-8-10-14(11-9-13)7-5-12-17-18(2,15)16/h8-11H,3-7,12H2,1-2H3. The van der Waals surface area contributed by atoms with Gasteiger partial charge in [0, 0.05) is 0 Å². The summed E-state index contributed by atoms with van der Waals surface area (Å²) in [5, 5.41) is 0. The smallest absolute Gasteiger partial charge is 0.264 e. The van der Waals surface area contributed by atoms with Crippen LogP contribution in [0.25, 0.3) is 0 Å². The minimum absolute atomic E-state index is 0.260. The SMILES string of the molecule is CCCCc1ccc(CCCOS(C)(=O)=O)cc1. The van der Waals surface area contributed by atoms with Crippen LogP contribution >= 0.6 is 0 Å². The number of unbranched alkanes of at least 4 members (excludes halogenated alkanes) is 1. The molecule has 0 spiro atoms. The average Bonchev–Trinajstić information content (AvgIpc) is 2.32. The van der Waals surface area contributed by atoms with Gasteiger partial charge >= 0.3 is 0 Å². The molecule has 0 N–H and O–H groups in total. The summed E-state index contributed by atoms with van der Waals surface area (Å²) in [5.41, 5.74) is 2.60. The molecule has 18 heavy (non-hydrogen) atoms. The van der Waals surface area contributed by atoms with Gasteiger partial charge in [0.25, 0.3) is 10.1 Å². The van der Waals surface area contributed by atoms with E-state index in [1.165, 1.54) is 24.0 Å². The van der Waals surface area contributed by atoms with Crippen LogP contribution in [0, 0.1) is 0 Å². The molecule has 0 aromatic heterocycles. The molecule has 1 aromatic rings. The van der Waals surface area contributed by atoms with Gasteiger partial charge in [0.2, 0.25) is 0 Å². The van der Waals surface area contributed by atoms with Gasteiger partial charge in [-0.3, -0.25) is 4.18 Å². The van der Waals surface area contributed by atoms with Crippen molar-refractivity contribution in [2.75, 3.05) is 12.9 Å². The molecular formula is C14H22O3S. The summed E-state index contributed by atoms with van der Waals surface area (Å²) in [6.45, 7) is 2.45. The molecular weight excluding hydrogens is 248 g/mol. The Morgan fingerprint density at radius 1 is 1.00 bits per heavy atom. The molecule has 0 unspecified atom stereocenters. The molecule has 0 heterocycles. The Bertz CT molecular complexity index is 435. The normalized spacial score (nSPS) is 11.7. The second-order valence-corrected chi connectivity index (χ2v) is 6.19. The number of hydrogen-bond donors (Lipinski definition) is 0. The fraction of sp³-hybridized carbons (Fsp3) is 0.571. The van der Waals surface area contributed by atoms with E-state index < -0.39 is 10.1 Å². The maximum atomic E-state index is 10.8. The van der Waals surface area contributed by atoms with E-state index in [1.54, 1.807) is 0 Å². The van der Waals surface area contributed by atoms with E-state index in [1.807, 2.05) is 0 Å². The van der Waals surface area contributed by atoms with E-state index in [2.05, 4.69) is 31.2 Å². The maximum absolute atomic E-state index is 10.8. The molecule has 1 aromatic carbocycles. The van der Waals surface area contributed by atoms with Gasteiger partial charge in [0.1, 0.15) is 0 Å². The summed E-state index contributed by atoms with van der Waals surface area (Å²) < 4.78 is 26.2. The van der Waals surface area contributed by atoms with E-state index in [0.717, 1.165) is 25.5 Å². The summed E-state index contributed by atoms with van der Waals surface area (Å²) in [5.74, 6) is 0. The molecule has 102 valence electrons. The van der Waals surface area contributed by atoms with Crippen molar-refractivity contribution in [2.45, 2.75) is 39.0 Å². The summed E-state index contributed by atoms with van der Waals surface area (Å²) in [7, 11) is -3.30. The van der Waals surface area contributed by atoms with Crippen molar-refractivity contribution in [3.63, 3.8) is 0 Å². The molecule has 0 fully saturated rings. The van der Waals surface area contributed by atoms with Gasteiger partial charge in [-0.05, 0) is 36.8 Å². The van der Waals surface area contributed by atoms with Crippen molar-refractivity contribution >= 4 is 10.1 Å². The Morgan fingerprint density at radius 2 is 1.50 bits per heavy atom. The lowest BCUT2D eigenvalue weighted by atomic mass is 10.0. The summed E-state index contributed by atoms with van der Waals surface area (Å²) in [6, 6.07) is 8.54. The van der Waals surface area contributed by atoms with Crippen LogP contribution in [0.5, 0.6) is 0 Å². The summed E-state index contributed by atoms with van der Waals surface area (Å²) in [6.07, 6.45) is 6.22. The van der Waals surface area contributed by atoms with Crippen LogP contribution in [0.1, 0.15) is 37.3 Å². The lowest BCUT2D eigenvalue weighted by Gasteiger charge is -2.04. The first-order chi connectivity index (χ1) is 8.51. The van der Waals surface area contributed by atoms with Gasteiger partial charge in [0.15, 0.2) is 0 Å². The van der Waals surface area contributed by atoms with Crippen molar-refractivity contribution in [3.05, 3.63) is 35.4 Å². The number of benzene rings is 1. The fourth-order valence-electron chi connectivity index (χ4n) is 1.74. The van der Waals surface area contributed by atoms with Crippen LogP contribution in [-0.4, -0.2) is 21.3 Å². The molecule has 4 heteroatoms. The Balaban J connectivity index is 2.31. The van der Waals surface area contributed by atoms with Crippen LogP contribution < -0.4 is 0 Å². The highest BCUT2D eigenvalue weighted by Gasteiger charge is 2.01. The van der Waals surface area contributed by atoms with Crippen molar-refractivity contribution < 1.29 is 12.6 Å². The molecule has 0 bridgehead atoms. The van der Waals surface area contributed by atoms with E-state index in [4.69, 9.17) is 4.18 Å². The first-order valence-electron chi connectivity index (χ1n) is 6.43. The number of rotatable bonds is 8. The third-order valence-electron chi connectivity index (χ3n) is 2.75. The molecule has 0 saturated heterocycles. The number of aryl methyl sites for hydroxylation is 2. The second kappa shape index (κ2) is 7.54. The topological polar surface area (TPSA) is 43.4 Å². The van der Waals surface area contributed by atoms with Gasteiger partial charge in [-0.1, -0.05) is 37.6 Å². The monoisotopic (exact) mass is 270 g/mol. The molecule has 0 aliphatic rings. The zero-order chi connectivity index (χ0) is 13.4. The Hall–Kier alpha value is -0.870. The fourth-order valence-corrected chi connectivity index (χ4v) is 2.16. The minimum Gasteiger partial charge on any atom is -0.270 e. The zero-order valence-electron chi connectivity index (χ0n) is 11.2. The van der Waals surface area contributed by atoms with E-state index >= 15 is 0 Å². The highest BCUT2D eigenvalue weighted by atomic mass is 32.2. The van der Waals surface area contributed by atoms with Gasteiger partial charge in [-0.2, -0.15) is 8.42 Å². The van der Waals surface area contributed by atoms with Gasteiger partial charge in [0.05, 0.1) is 12.9 Å². The average molecular weight is 270 g/mol. The molecule has 0 amide bonds. The quantitative estimate of drug-likeness (QED) is 0.539. The molecule has 0 saturated carbocycles. The Morgan fingerprint density at radius 3 is 1.94 bits per heavy atom. The van der Waals surface area contributed by atoms with Crippen LogP contribution in [0.2, 0.25) is 0 Å². The molecule has 1 rings (SSSR count). The van der Waals surface area contributed by atoms with Crippen molar-refractivity contribution in [1.29, 1.82) is 0 Å². The van der Waals surface area contributed by atoms with Crippen molar-refractivity contribution in [2.24, 2.45) is 0 Å². The minimum atomic E-state index is -3.30. The highest BCUT2D eigenvalue weighted by molar-refractivity contribution is 7.85. The lowest BCUT2D eigenvalue weighted by molar-refractivity contribution is 0.316. The van der Waals surface area contributed by atoms with E-state index in [-0.39, 0.29) is 6.61 Å². The number of hydrogen-bond acceptors (Lipinski definition) is 3. The maximum Gasteiger partial charge on any atom is 0.264 e. The van der Waals surface area contributed by atoms with E-state index in [9.17, 15) is 8.42 Å². The second-order valence-electron chi connectivity index (χ2n) is 4.55. The molecule has 0 aliphatic carbocycles. The predicted molar refractivity (Wildman–Crippen MR) is 74.2 cm³/mol. The molecule has 3 nitrogen and oxygen atoms in total. The first-order valence-corrected chi connectivity index (χ1v) is 8.25. The zero-order valence-corrected chi connectivity index (χ0v) is 12.0. The first kappa shape index (κ1) is 15.2. The molecule has 0 atom stereocenters. The highest BCUT2D eigenvalue weighted by Crippen LogP contribution is 2.09. The van der Waals surface area contributed by atoms with E-state index in [0.29, 0.717) is 0 Å². The van der Waals surface area contributed by atoms with Crippen molar-refractivity contribution in [3.8, 4) is 0 Å². The lowest BCUT2D eigenvalue weighted by Crippen LogP contribution is -2.04. The summed E-state index contributed by atoms with van der Waals surface area (Å²) >= 11 is 0. The van der Waals surface area contributed by atoms with Crippen LogP contribution in [0.15, 0.2) is 24.3 Å². The molecule has 0 aliphatic heterocycles. The van der Waals surface area contributed by atoms with Crippen LogP contribution in [0.3, 0.4) is 0 Å². The van der Waals surface area contributed by atoms with Gasteiger partial charge in [-0.15, -0.1) is 0 Å².